The van der Waals surface area contributed by atoms with E-state index in [1.165, 1.54) is 0 Å². The molecule has 0 aliphatic carbocycles. The van der Waals surface area contributed by atoms with E-state index in [1.54, 1.807) is 24.3 Å². The quantitative estimate of drug-likeness (QED) is 0.771. The van der Waals surface area contributed by atoms with E-state index in [9.17, 15) is 9.90 Å². The molecule has 0 fully saturated rings. The number of anilines is 1. The lowest BCUT2D eigenvalue weighted by molar-refractivity contribution is 0.0696. The average molecular weight is 377 g/mol. The van der Waals surface area contributed by atoms with Crippen LogP contribution in [0.4, 0.5) is 5.69 Å². The molecule has 6 heteroatoms. The minimum atomic E-state index is -0.967. The minimum Gasteiger partial charge on any atom is -0.478 e. The van der Waals surface area contributed by atoms with Crippen LogP contribution in [0.1, 0.15) is 21.5 Å². The highest BCUT2D eigenvalue weighted by Gasteiger charge is 2.32. The maximum Gasteiger partial charge on any atom is 0.335 e. The van der Waals surface area contributed by atoms with Gasteiger partial charge >= 0.3 is 5.97 Å². The predicted octanol–water partition coefficient (Wildman–Crippen LogP) is 2.50. The van der Waals surface area contributed by atoms with Crippen molar-refractivity contribution in [3.8, 4) is 6.07 Å². The van der Waals surface area contributed by atoms with E-state index in [0.29, 0.717) is 18.7 Å². The van der Waals surface area contributed by atoms with Crippen molar-refractivity contribution in [2.75, 3.05) is 31.6 Å². The molecule has 28 heavy (non-hydrogen) atoms. The van der Waals surface area contributed by atoms with Gasteiger partial charge in [0.25, 0.3) is 0 Å². The Morgan fingerprint density at radius 2 is 1.89 bits per heavy atom. The Morgan fingerprint density at radius 3 is 2.50 bits per heavy atom. The van der Waals surface area contributed by atoms with Crippen LogP contribution in [0.5, 0.6) is 0 Å². The van der Waals surface area contributed by atoms with E-state index in [1.807, 2.05) is 48.5 Å². The van der Waals surface area contributed by atoms with Crippen molar-refractivity contribution in [3.05, 3.63) is 77.5 Å². The average Bonchev–Trinajstić information content (AvgIpc) is 3.07. The molecule has 0 bridgehead atoms. The van der Waals surface area contributed by atoms with Gasteiger partial charge < -0.3 is 20.0 Å². The lowest BCUT2D eigenvalue weighted by Gasteiger charge is -2.30. The van der Waals surface area contributed by atoms with Gasteiger partial charge in [0, 0.05) is 19.3 Å². The molecule has 2 aromatic rings. The first-order valence-corrected chi connectivity index (χ1v) is 9.08. The largest absolute Gasteiger partial charge is 0.478 e. The van der Waals surface area contributed by atoms with Gasteiger partial charge in [-0.25, -0.2) is 4.79 Å². The summed E-state index contributed by atoms with van der Waals surface area (Å²) in [5.74, 6) is -0.954. The third-order valence-corrected chi connectivity index (χ3v) is 4.91. The summed E-state index contributed by atoms with van der Waals surface area (Å²) in [5, 5.41) is 28.7. The summed E-state index contributed by atoms with van der Waals surface area (Å²) in [6.07, 6.45) is 4.57. The zero-order valence-corrected chi connectivity index (χ0v) is 15.7. The fraction of sp³-hybridized carbons (Fsp3) is 0.273. The summed E-state index contributed by atoms with van der Waals surface area (Å²) in [5.41, 5.74) is 1.93. The molecule has 0 amide bonds. The summed E-state index contributed by atoms with van der Waals surface area (Å²) in [6.45, 7) is 1.69. The Hall–Kier alpha value is -3.30. The van der Waals surface area contributed by atoms with E-state index in [4.69, 9.17) is 10.4 Å². The van der Waals surface area contributed by atoms with Crippen LogP contribution >= 0.6 is 0 Å². The van der Waals surface area contributed by atoms with E-state index in [0.717, 1.165) is 24.2 Å². The zero-order chi connectivity index (χ0) is 20.1. The van der Waals surface area contributed by atoms with Gasteiger partial charge in [-0.2, -0.15) is 5.26 Å². The van der Waals surface area contributed by atoms with Gasteiger partial charge in [0.05, 0.1) is 30.3 Å². The normalized spacial score (nSPS) is 18.1. The highest BCUT2D eigenvalue weighted by molar-refractivity contribution is 5.88. The number of nitrogens with zero attached hydrogens (tertiary/aromatic N) is 3. The first-order chi connectivity index (χ1) is 13.4. The van der Waals surface area contributed by atoms with Gasteiger partial charge in [-0.3, -0.25) is 0 Å². The standard InChI is InChI=1S/C22H23N3O3/c1-24(20-8-6-19(7-9-20)21(26)27)15-22(28)11-13-25(16-22)12-10-17-2-4-18(14-23)5-3-17/h2-9,11,13,28H,10,12,15-16H2,1H3,(H,26,27). The van der Waals surface area contributed by atoms with Crippen LogP contribution in [-0.2, 0) is 6.42 Å². The number of rotatable bonds is 7. The number of benzene rings is 2. The van der Waals surface area contributed by atoms with Crippen molar-refractivity contribution in [1.29, 1.82) is 5.26 Å². The molecule has 0 saturated carbocycles. The number of β-amino-alcohol motifs (C(OH)–C–C–N with tert-alkyl or cyclic N) is 1. The number of carboxylic acids is 1. The van der Waals surface area contributed by atoms with E-state index in [-0.39, 0.29) is 5.56 Å². The predicted molar refractivity (Wildman–Crippen MR) is 107 cm³/mol. The second-order valence-electron chi connectivity index (χ2n) is 7.16. The summed E-state index contributed by atoms with van der Waals surface area (Å²) >= 11 is 0. The van der Waals surface area contributed by atoms with Gasteiger partial charge in [0.2, 0.25) is 0 Å². The Labute approximate surface area is 164 Å². The SMILES string of the molecule is CN(CC1(O)C=CN(CCc2ccc(C#N)cc2)C1)c1ccc(C(=O)O)cc1. The zero-order valence-electron chi connectivity index (χ0n) is 15.7. The molecule has 0 saturated heterocycles. The molecule has 1 atom stereocenters. The molecule has 1 aliphatic heterocycles. The minimum absolute atomic E-state index is 0.241. The van der Waals surface area contributed by atoms with Crippen LogP contribution < -0.4 is 4.90 Å². The topological polar surface area (TPSA) is 87.8 Å². The molecule has 6 nitrogen and oxygen atoms in total. The van der Waals surface area contributed by atoms with Crippen LogP contribution in [0.25, 0.3) is 0 Å². The number of carboxylic acid groups (broad SMARTS) is 1. The van der Waals surface area contributed by atoms with Crippen molar-refractivity contribution in [2.45, 2.75) is 12.0 Å². The third-order valence-electron chi connectivity index (χ3n) is 4.91. The van der Waals surface area contributed by atoms with Gasteiger partial charge in [-0.05, 0) is 60.7 Å². The van der Waals surface area contributed by atoms with Crippen LogP contribution in [0.3, 0.4) is 0 Å². The van der Waals surface area contributed by atoms with E-state index in [2.05, 4.69) is 11.0 Å². The molecule has 0 spiro atoms. The molecule has 3 rings (SSSR count). The van der Waals surface area contributed by atoms with Crippen molar-refractivity contribution in [2.24, 2.45) is 0 Å². The maximum absolute atomic E-state index is 11.0. The summed E-state index contributed by atoms with van der Waals surface area (Å²) < 4.78 is 0. The molecule has 0 aromatic heterocycles. The fourth-order valence-corrected chi connectivity index (χ4v) is 3.34. The van der Waals surface area contributed by atoms with Gasteiger partial charge in [0.1, 0.15) is 5.60 Å². The summed E-state index contributed by atoms with van der Waals surface area (Å²) in [7, 11) is 1.88. The number of aromatic carboxylic acids is 1. The first kappa shape index (κ1) is 19.5. The fourth-order valence-electron chi connectivity index (χ4n) is 3.34. The molecule has 2 N–H and O–H groups in total. The molecule has 1 unspecified atom stereocenters. The molecule has 0 radical (unpaired) electrons. The number of hydrogen-bond acceptors (Lipinski definition) is 5. The Balaban J connectivity index is 1.53. The first-order valence-electron chi connectivity index (χ1n) is 9.08. The van der Waals surface area contributed by atoms with Gasteiger partial charge in [-0.1, -0.05) is 12.1 Å². The number of nitriles is 1. The van der Waals surface area contributed by atoms with E-state index >= 15 is 0 Å². The highest BCUT2D eigenvalue weighted by Crippen LogP contribution is 2.23. The van der Waals surface area contributed by atoms with Crippen molar-refractivity contribution >= 4 is 11.7 Å². The molecule has 2 aromatic carbocycles. The molecular weight excluding hydrogens is 354 g/mol. The van der Waals surface area contributed by atoms with E-state index < -0.39 is 11.6 Å². The number of carbonyl (C=O) groups is 1. The third kappa shape index (κ3) is 4.70. The molecule has 144 valence electrons. The van der Waals surface area contributed by atoms with Crippen molar-refractivity contribution in [3.63, 3.8) is 0 Å². The summed E-state index contributed by atoms with van der Waals surface area (Å²) in [6, 6.07) is 16.3. The second kappa shape index (κ2) is 8.15. The smallest absolute Gasteiger partial charge is 0.335 e. The van der Waals surface area contributed by atoms with Crippen LogP contribution in [0.15, 0.2) is 60.8 Å². The number of aliphatic hydroxyl groups is 1. The number of likely N-dealkylation sites (N-methyl/N-ethyl adjacent to an activating group) is 1. The van der Waals surface area contributed by atoms with Gasteiger partial charge in [0.15, 0.2) is 0 Å². The lowest BCUT2D eigenvalue weighted by atomic mass is 10.0. The van der Waals surface area contributed by atoms with Gasteiger partial charge in [-0.15, -0.1) is 0 Å². The molecule has 1 aliphatic rings. The second-order valence-corrected chi connectivity index (χ2v) is 7.16. The monoisotopic (exact) mass is 377 g/mol. The number of hydrogen-bond donors (Lipinski definition) is 2. The van der Waals surface area contributed by atoms with Crippen LogP contribution in [-0.4, -0.2) is 53.4 Å². The maximum atomic E-state index is 11.0. The van der Waals surface area contributed by atoms with Crippen molar-refractivity contribution in [1.82, 2.24) is 4.90 Å². The summed E-state index contributed by atoms with van der Waals surface area (Å²) in [4.78, 5) is 15.0. The Bertz CT molecular complexity index is 900. The molecular formula is C22H23N3O3. The van der Waals surface area contributed by atoms with Crippen LogP contribution in [0.2, 0.25) is 0 Å². The molecule has 1 heterocycles. The van der Waals surface area contributed by atoms with Crippen LogP contribution in [0, 0.1) is 11.3 Å². The Morgan fingerprint density at radius 1 is 1.21 bits per heavy atom. The van der Waals surface area contributed by atoms with Crippen molar-refractivity contribution < 1.29 is 15.0 Å². The highest BCUT2D eigenvalue weighted by atomic mass is 16.4. The lowest BCUT2D eigenvalue weighted by Crippen LogP contribution is -2.44. The Kier molecular flexibility index (Phi) is 5.67.